The van der Waals surface area contributed by atoms with Crippen molar-refractivity contribution in [3.8, 4) is 0 Å². The van der Waals surface area contributed by atoms with Crippen LogP contribution in [-0.2, 0) is 6.42 Å². The van der Waals surface area contributed by atoms with Crippen LogP contribution in [0.2, 0.25) is 0 Å². The van der Waals surface area contributed by atoms with Gasteiger partial charge in [0.2, 0.25) is 0 Å². The van der Waals surface area contributed by atoms with E-state index in [4.69, 9.17) is 0 Å². The number of ketones is 1. The van der Waals surface area contributed by atoms with E-state index in [1.165, 1.54) is 23.5 Å². The van der Waals surface area contributed by atoms with Gasteiger partial charge in [-0.15, -0.1) is 11.3 Å². The van der Waals surface area contributed by atoms with E-state index in [0.717, 1.165) is 0 Å². The van der Waals surface area contributed by atoms with E-state index in [-0.39, 0.29) is 18.0 Å². The first-order valence-corrected chi connectivity index (χ1v) is 6.25. The van der Waals surface area contributed by atoms with Crippen molar-refractivity contribution >= 4 is 33.0 Å². The zero-order chi connectivity index (χ0) is 11.5. The molecule has 82 valence electrons. The van der Waals surface area contributed by atoms with Crippen LogP contribution in [0.25, 0.3) is 0 Å². The minimum absolute atomic E-state index is 0.0984. The Kier molecular flexibility index (Phi) is 3.46. The maximum Gasteiger partial charge on any atom is 0.186 e. The molecule has 0 amide bonds. The lowest BCUT2D eigenvalue weighted by Gasteiger charge is -2.00. The van der Waals surface area contributed by atoms with E-state index < -0.39 is 0 Å². The van der Waals surface area contributed by atoms with Crippen molar-refractivity contribution in [2.24, 2.45) is 0 Å². The molecule has 16 heavy (non-hydrogen) atoms. The van der Waals surface area contributed by atoms with Crippen LogP contribution in [-0.4, -0.2) is 10.8 Å². The number of Topliss-reactive ketones (excluding diaryl/α,β-unsaturated/α-hetero) is 1. The number of benzene rings is 1. The number of carbonyl (C=O) groups is 1. The molecule has 1 aromatic carbocycles. The highest BCUT2D eigenvalue weighted by molar-refractivity contribution is 9.10. The van der Waals surface area contributed by atoms with Crippen LogP contribution in [0.3, 0.4) is 0 Å². The van der Waals surface area contributed by atoms with Crippen LogP contribution in [0, 0.1) is 5.82 Å². The normalized spacial score (nSPS) is 10.4. The SMILES string of the molecule is O=C(Cc1cc(F)cc(Br)c1)c1cscn1. The molecule has 0 atom stereocenters. The second-order valence-corrected chi connectivity index (χ2v) is 4.89. The molecular weight excluding hydrogens is 293 g/mol. The van der Waals surface area contributed by atoms with E-state index in [2.05, 4.69) is 20.9 Å². The minimum atomic E-state index is -0.351. The summed E-state index contributed by atoms with van der Waals surface area (Å²) in [5.41, 5.74) is 2.68. The fourth-order valence-electron chi connectivity index (χ4n) is 1.34. The molecule has 0 N–H and O–H groups in total. The topological polar surface area (TPSA) is 30.0 Å². The van der Waals surface area contributed by atoms with Crippen molar-refractivity contribution in [1.29, 1.82) is 0 Å². The Morgan fingerprint density at radius 1 is 1.44 bits per heavy atom. The minimum Gasteiger partial charge on any atom is -0.292 e. The van der Waals surface area contributed by atoms with Gasteiger partial charge in [0.15, 0.2) is 5.78 Å². The first-order chi connectivity index (χ1) is 7.65. The molecular formula is C11H7BrFNOS. The van der Waals surface area contributed by atoms with Crippen LogP contribution in [0.15, 0.2) is 33.6 Å². The van der Waals surface area contributed by atoms with Crippen LogP contribution in [0.1, 0.15) is 16.1 Å². The summed E-state index contributed by atoms with van der Waals surface area (Å²) in [4.78, 5) is 15.6. The largest absolute Gasteiger partial charge is 0.292 e. The molecule has 0 unspecified atom stereocenters. The number of hydrogen-bond donors (Lipinski definition) is 0. The molecule has 2 rings (SSSR count). The number of rotatable bonds is 3. The first kappa shape index (κ1) is 11.4. The molecule has 0 saturated carbocycles. The average Bonchev–Trinajstić information content (AvgIpc) is 2.68. The monoisotopic (exact) mass is 299 g/mol. The van der Waals surface area contributed by atoms with Crippen LogP contribution < -0.4 is 0 Å². The Balaban J connectivity index is 2.18. The molecule has 5 heteroatoms. The van der Waals surface area contributed by atoms with Crippen LogP contribution in [0.4, 0.5) is 4.39 Å². The molecule has 1 heterocycles. The lowest BCUT2D eigenvalue weighted by atomic mass is 10.1. The van der Waals surface area contributed by atoms with Crippen LogP contribution >= 0.6 is 27.3 Å². The Hall–Kier alpha value is -1.07. The molecule has 1 aromatic heterocycles. The van der Waals surface area contributed by atoms with E-state index in [1.807, 2.05) is 0 Å². The molecule has 0 aliphatic heterocycles. The highest BCUT2D eigenvalue weighted by Crippen LogP contribution is 2.16. The van der Waals surface area contributed by atoms with Gasteiger partial charge in [-0.1, -0.05) is 15.9 Å². The highest BCUT2D eigenvalue weighted by atomic mass is 79.9. The van der Waals surface area contributed by atoms with Crippen molar-refractivity contribution in [3.63, 3.8) is 0 Å². The standard InChI is InChI=1S/C11H7BrFNOS/c12-8-1-7(2-9(13)4-8)3-11(15)10-5-16-6-14-10/h1-2,4-6H,3H2. The lowest BCUT2D eigenvalue weighted by molar-refractivity contribution is 0.0989. The van der Waals surface area contributed by atoms with Gasteiger partial charge in [0.05, 0.1) is 5.51 Å². The van der Waals surface area contributed by atoms with Gasteiger partial charge in [-0.3, -0.25) is 4.79 Å². The Morgan fingerprint density at radius 2 is 2.25 bits per heavy atom. The average molecular weight is 300 g/mol. The Morgan fingerprint density at radius 3 is 2.88 bits per heavy atom. The van der Waals surface area contributed by atoms with Gasteiger partial charge in [0.25, 0.3) is 0 Å². The van der Waals surface area contributed by atoms with Gasteiger partial charge in [-0.05, 0) is 23.8 Å². The van der Waals surface area contributed by atoms with E-state index in [0.29, 0.717) is 15.7 Å². The summed E-state index contributed by atoms with van der Waals surface area (Å²) in [6, 6.07) is 4.44. The summed E-state index contributed by atoms with van der Waals surface area (Å²) in [6.07, 6.45) is 0.167. The molecule has 0 saturated heterocycles. The second kappa shape index (κ2) is 4.84. The van der Waals surface area contributed by atoms with Gasteiger partial charge >= 0.3 is 0 Å². The van der Waals surface area contributed by atoms with Crippen molar-refractivity contribution < 1.29 is 9.18 Å². The smallest absolute Gasteiger partial charge is 0.186 e. The maximum absolute atomic E-state index is 13.1. The summed E-state index contributed by atoms with van der Waals surface area (Å²) < 4.78 is 13.7. The van der Waals surface area contributed by atoms with Crippen LogP contribution in [0.5, 0.6) is 0 Å². The van der Waals surface area contributed by atoms with Gasteiger partial charge in [0.1, 0.15) is 11.5 Å². The third-order valence-corrected chi connectivity index (χ3v) is 3.05. The van der Waals surface area contributed by atoms with Gasteiger partial charge < -0.3 is 0 Å². The third kappa shape index (κ3) is 2.74. The molecule has 2 aromatic rings. The van der Waals surface area contributed by atoms with Gasteiger partial charge in [-0.2, -0.15) is 0 Å². The number of carbonyl (C=O) groups excluding carboxylic acids is 1. The lowest BCUT2D eigenvalue weighted by Crippen LogP contribution is -2.04. The fraction of sp³-hybridized carbons (Fsp3) is 0.0909. The fourth-order valence-corrected chi connectivity index (χ4v) is 2.41. The molecule has 0 aliphatic carbocycles. The van der Waals surface area contributed by atoms with E-state index in [1.54, 1.807) is 17.0 Å². The quantitative estimate of drug-likeness (QED) is 0.812. The summed E-state index contributed by atoms with van der Waals surface area (Å²) in [7, 11) is 0. The molecule has 0 aliphatic rings. The Bertz CT molecular complexity index is 492. The second-order valence-electron chi connectivity index (χ2n) is 3.25. The molecule has 0 bridgehead atoms. The molecule has 0 spiro atoms. The maximum atomic E-state index is 13.1. The Labute approximate surface area is 104 Å². The van der Waals surface area contributed by atoms with Crippen molar-refractivity contribution in [2.45, 2.75) is 6.42 Å². The van der Waals surface area contributed by atoms with Crippen molar-refractivity contribution in [1.82, 2.24) is 4.98 Å². The van der Waals surface area contributed by atoms with Crippen molar-refractivity contribution in [3.05, 3.63) is 50.6 Å². The van der Waals surface area contributed by atoms with E-state index >= 15 is 0 Å². The summed E-state index contributed by atoms with van der Waals surface area (Å²) in [5, 5.41) is 1.69. The summed E-state index contributed by atoms with van der Waals surface area (Å²) in [5.74, 6) is -0.450. The summed E-state index contributed by atoms with van der Waals surface area (Å²) in [6.45, 7) is 0. The summed E-state index contributed by atoms with van der Waals surface area (Å²) >= 11 is 4.56. The first-order valence-electron chi connectivity index (χ1n) is 4.51. The zero-order valence-corrected chi connectivity index (χ0v) is 10.5. The number of thiazole rings is 1. The van der Waals surface area contributed by atoms with Crippen molar-refractivity contribution in [2.75, 3.05) is 0 Å². The predicted octanol–water partition coefficient (Wildman–Crippen LogP) is 3.47. The van der Waals surface area contributed by atoms with Gasteiger partial charge in [-0.25, -0.2) is 9.37 Å². The molecule has 2 nitrogen and oxygen atoms in total. The number of hydrogen-bond acceptors (Lipinski definition) is 3. The number of nitrogens with zero attached hydrogens (tertiary/aromatic N) is 1. The highest BCUT2D eigenvalue weighted by Gasteiger charge is 2.10. The zero-order valence-electron chi connectivity index (χ0n) is 8.11. The van der Waals surface area contributed by atoms with E-state index in [9.17, 15) is 9.18 Å². The molecule has 0 radical (unpaired) electrons. The van der Waals surface area contributed by atoms with Gasteiger partial charge in [0, 0.05) is 16.3 Å². The predicted molar refractivity (Wildman–Crippen MR) is 64.2 cm³/mol. The molecule has 0 fully saturated rings. The number of aromatic nitrogens is 1. The number of halogens is 2. The third-order valence-electron chi connectivity index (χ3n) is 2.01.